The summed E-state index contributed by atoms with van der Waals surface area (Å²) in [6.45, 7) is 5.56. The first-order chi connectivity index (χ1) is 11.1. The fourth-order valence-electron chi connectivity index (χ4n) is 2.74. The number of benzene rings is 1. The van der Waals surface area contributed by atoms with Crippen LogP contribution < -0.4 is 0 Å². The molecule has 8 heteroatoms. The molecule has 1 aliphatic heterocycles. The fraction of sp³-hybridized carbons (Fsp3) is 0.562. The summed E-state index contributed by atoms with van der Waals surface area (Å²) in [4.78, 5) is 12.7. The molecule has 1 N–H and O–H groups in total. The Labute approximate surface area is 142 Å². The highest BCUT2D eigenvalue weighted by Gasteiger charge is 2.43. The Morgan fingerprint density at radius 3 is 2.58 bits per heavy atom. The third-order valence-electron chi connectivity index (χ3n) is 4.01. The molecule has 0 saturated carbocycles. The van der Waals surface area contributed by atoms with Crippen molar-refractivity contribution in [3.05, 3.63) is 29.8 Å². The predicted molar refractivity (Wildman–Crippen MR) is 87.2 cm³/mol. The van der Waals surface area contributed by atoms with Crippen molar-refractivity contribution in [3.8, 4) is 0 Å². The van der Waals surface area contributed by atoms with Gasteiger partial charge in [-0.3, -0.25) is 9.08 Å². The van der Waals surface area contributed by atoms with Crippen molar-refractivity contribution in [1.29, 1.82) is 0 Å². The summed E-state index contributed by atoms with van der Waals surface area (Å²) in [7, 11) is -3.79. The molecule has 1 atom stereocenters. The van der Waals surface area contributed by atoms with E-state index < -0.39 is 21.9 Å². The summed E-state index contributed by atoms with van der Waals surface area (Å²) in [5.74, 6) is 0. The topological polar surface area (TPSA) is 93.1 Å². The van der Waals surface area contributed by atoms with Crippen molar-refractivity contribution < 1.29 is 27.2 Å². The third-order valence-corrected chi connectivity index (χ3v) is 5.34. The van der Waals surface area contributed by atoms with Gasteiger partial charge in [0.15, 0.2) is 0 Å². The molecular formula is C16H23NO6S. The highest BCUT2D eigenvalue weighted by Crippen LogP contribution is 2.29. The van der Waals surface area contributed by atoms with Crippen molar-refractivity contribution in [2.24, 2.45) is 0 Å². The van der Waals surface area contributed by atoms with Crippen LogP contribution in [0.25, 0.3) is 0 Å². The standard InChI is InChI=1S/C16H23NO6S/c1-12-6-8-14(9-7-12)24(20,21)23-10-4-5-13-11-22-16(2,3)17(13)15(18)19/h6-9,13H,4-5,10-11H2,1-3H3,(H,18,19)/t13-/m1/s1. The molecule has 0 unspecified atom stereocenters. The quantitative estimate of drug-likeness (QED) is 0.621. The molecule has 24 heavy (non-hydrogen) atoms. The summed E-state index contributed by atoms with van der Waals surface area (Å²) in [5, 5.41) is 9.29. The van der Waals surface area contributed by atoms with E-state index in [1.54, 1.807) is 26.0 Å². The van der Waals surface area contributed by atoms with Crippen LogP contribution in [-0.4, -0.2) is 49.5 Å². The van der Waals surface area contributed by atoms with Crippen molar-refractivity contribution in [2.45, 2.75) is 50.3 Å². The molecule has 2 rings (SSSR count). The van der Waals surface area contributed by atoms with Crippen LogP contribution in [0.5, 0.6) is 0 Å². The van der Waals surface area contributed by atoms with Crippen LogP contribution in [0.1, 0.15) is 32.3 Å². The molecule has 1 heterocycles. The summed E-state index contributed by atoms with van der Waals surface area (Å²) in [6.07, 6.45) is -0.159. The molecule has 134 valence electrons. The van der Waals surface area contributed by atoms with E-state index >= 15 is 0 Å². The molecule has 0 radical (unpaired) electrons. The predicted octanol–water partition coefficient (Wildman–Crippen LogP) is 2.60. The van der Waals surface area contributed by atoms with Gasteiger partial charge in [-0.25, -0.2) is 4.79 Å². The van der Waals surface area contributed by atoms with Crippen LogP contribution in [0.3, 0.4) is 0 Å². The van der Waals surface area contributed by atoms with Crippen LogP contribution >= 0.6 is 0 Å². The van der Waals surface area contributed by atoms with Gasteiger partial charge in [0, 0.05) is 0 Å². The van der Waals surface area contributed by atoms with E-state index in [4.69, 9.17) is 8.92 Å². The maximum atomic E-state index is 12.1. The Kier molecular flexibility index (Phi) is 5.52. The van der Waals surface area contributed by atoms with Crippen molar-refractivity contribution in [1.82, 2.24) is 4.90 Å². The number of carboxylic acid groups (broad SMARTS) is 1. The molecule has 1 amide bonds. The molecule has 7 nitrogen and oxygen atoms in total. The molecule has 0 aliphatic carbocycles. The van der Waals surface area contributed by atoms with Gasteiger partial charge in [-0.15, -0.1) is 0 Å². The minimum atomic E-state index is -3.79. The Morgan fingerprint density at radius 1 is 1.38 bits per heavy atom. The Morgan fingerprint density at radius 2 is 2.00 bits per heavy atom. The summed E-state index contributed by atoms with van der Waals surface area (Å²) >= 11 is 0. The zero-order valence-corrected chi connectivity index (χ0v) is 14.9. The smallest absolute Gasteiger partial charge is 0.409 e. The van der Waals surface area contributed by atoms with E-state index in [0.29, 0.717) is 19.4 Å². The molecule has 0 aromatic heterocycles. The number of hydrogen-bond donors (Lipinski definition) is 1. The van der Waals surface area contributed by atoms with Crippen LogP contribution in [-0.2, 0) is 19.0 Å². The van der Waals surface area contributed by atoms with Gasteiger partial charge in [0.1, 0.15) is 5.72 Å². The normalized spacial score (nSPS) is 20.3. The number of amides is 1. The number of rotatable bonds is 6. The molecule has 1 aliphatic rings. The lowest BCUT2D eigenvalue weighted by Crippen LogP contribution is -2.47. The maximum absolute atomic E-state index is 12.1. The van der Waals surface area contributed by atoms with Crippen molar-refractivity contribution in [2.75, 3.05) is 13.2 Å². The van der Waals surface area contributed by atoms with Crippen LogP contribution in [0.15, 0.2) is 29.2 Å². The number of aryl methyl sites for hydroxylation is 1. The Hall–Kier alpha value is -1.64. The van der Waals surface area contributed by atoms with Gasteiger partial charge in [0.2, 0.25) is 0 Å². The molecular weight excluding hydrogens is 334 g/mol. The van der Waals surface area contributed by atoms with E-state index in [1.807, 2.05) is 6.92 Å². The van der Waals surface area contributed by atoms with Gasteiger partial charge in [0.05, 0.1) is 24.2 Å². The molecule has 0 bridgehead atoms. The first kappa shape index (κ1) is 18.7. The maximum Gasteiger partial charge on any atom is 0.409 e. The zero-order chi connectivity index (χ0) is 18.0. The van der Waals surface area contributed by atoms with Gasteiger partial charge >= 0.3 is 6.09 Å². The minimum absolute atomic E-state index is 0.000593. The highest BCUT2D eigenvalue weighted by atomic mass is 32.2. The molecule has 1 saturated heterocycles. The van der Waals surface area contributed by atoms with E-state index in [9.17, 15) is 18.3 Å². The lowest BCUT2D eigenvalue weighted by Gasteiger charge is -2.30. The van der Waals surface area contributed by atoms with E-state index in [2.05, 4.69) is 0 Å². The monoisotopic (exact) mass is 357 g/mol. The van der Waals surface area contributed by atoms with Gasteiger partial charge in [-0.05, 0) is 45.7 Å². The van der Waals surface area contributed by atoms with Crippen molar-refractivity contribution >= 4 is 16.2 Å². The van der Waals surface area contributed by atoms with Crippen LogP contribution in [0.4, 0.5) is 4.79 Å². The fourth-order valence-corrected chi connectivity index (χ4v) is 3.69. The number of hydrogen-bond acceptors (Lipinski definition) is 5. The van der Waals surface area contributed by atoms with Crippen LogP contribution in [0.2, 0.25) is 0 Å². The molecule has 1 aromatic carbocycles. The van der Waals surface area contributed by atoms with Crippen molar-refractivity contribution in [3.63, 3.8) is 0 Å². The second-order valence-corrected chi connectivity index (χ2v) is 7.91. The summed E-state index contributed by atoms with van der Waals surface area (Å²) < 4.78 is 34.6. The average Bonchev–Trinajstić information content (AvgIpc) is 2.79. The number of ether oxygens (including phenoxy) is 1. The SMILES string of the molecule is Cc1ccc(S(=O)(=O)OCCC[C@@H]2COC(C)(C)N2C(=O)O)cc1. The minimum Gasteiger partial charge on any atom is -0.465 e. The third kappa shape index (κ3) is 4.25. The zero-order valence-electron chi connectivity index (χ0n) is 14.1. The van der Waals surface area contributed by atoms with Gasteiger partial charge < -0.3 is 9.84 Å². The molecule has 0 spiro atoms. The summed E-state index contributed by atoms with van der Waals surface area (Å²) in [6, 6.07) is 6.12. The average molecular weight is 357 g/mol. The Balaban J connectivity index is 1.86. The Bertz CT molecular complexity index is 683. The second-order valence-electron chi connectivity index (χ2n) is 6.30. The number of nitrogens with zero attached hydrogens (tertiary/aromatic N) is 1. The molecule has 1 fully saturated rings. The first-order valence-corrected chi connectivity index (χ1v) is 9.16. The molecule has 1 aromatic rings. The van der Waals surface area contributed by atoms with E-state index in [1.165, 1.54) is 17.0 Å². The van der Waals surface area contributed by atoms with E-state index in [-0.39, 0.29) is 17.5 Å². The number of carbonyl (C=O) groups is 1. The largest absolute Gasteiger partial charge is 0.465 e. The lowest BCUT2D eigenvalue weighted by molar-refractivity contribution is -0.0422. The van der Waals surface area contributed by atoms with Gasteiger partial charge in [-0.1, -0.05) is 17.7 Å². The van der Waals surface area contributed by atoms with E-state index in [0.717, 1.165) is 5.56 Å². The highest BCUT2D eigenvalue weighted by molar-refractivity contribution is 7.86. The second kappa shape index (κ2) is 7.08. The lowest BCUT2D eigenvalue weighted by atomic mass is 10.1. The van der Waals surface area contributed by atoms with Gasteiger partial charge in [0.25, 0.3) is 10.1 Å². The van der Waals surface area contributed by atoms with Gasteiger partial charge in [-0.2, -0.15) is 8.42 Å². The van der Waals surface area contributed by atoms with Crippen LogP contribution in [0, 0.1) is 6.92 Å². The summed E-state index contributed by atoms with van der Waals surface area (Å²) in [5.41, 5.74) is 0.0947. The first-order valence-electron chi connectivity index (χ1n) is 7.76.